The minimum absolute atomic E-state index is 0.153. The molecular formula is C10H8O2S3. The van der Waals surface area contributed by atoms with Gasteiger partial charge in [0.05, 0.1) is 7.11 Å². The number of phenols is 1. The van der Waals surface area contributed by atoms with E-state index in [2.05, 4.69) is 0 Å². The Bertz CT molecular complexity index is 527. The molecule has 15 heavy (non-hydrogen) atoms. The molecular weight excluding hydrogens is 248 g/mol. The van der Waals surface area contributed by atoms with Crippen LogP contribution < -0.4 is 4.74 Å². The average Bonchev–Trinajstić information content (AvgIpc) is 2.66. The van der Waals surface area contributed by atoms with Gasteiger partial charge in [-0.15, -0.1) is 0 Å². The number of ether oxygens (including phenoxy) is 1. The number of rotatable bonds is 2. The molecule has 2 nitrogen and oxygen atoms in total. The van der Waals surface area contributed by atoms with Crippen molar-refractivity contribution in [3.05, 3.63) is 28.1 Å². The summed E-state index contributed by atoms with van der Waals surface area (Å²) >= 11 is 5.07. The van der Waals surface area contributed by atoms with Gasteiger partial charge >= 0.3 is 0 Å². The second kappa shape index (κ2) is 4.30. The van der Waals surface area contributed by atoms with Crippen LogP contribution in [0.15, 0.2) is 24.3 Å². The molecule has 0 amide bonds. The molecule has 2 aromatic rings. The molecule has 78 valence electrons. The fourth-order valence-corrected chi connectivity index (χ4v) is 3.60. The normalized spacial score (nSPS) is 10.2. The number of hydrogen-bond donors (Lipinski definition) is 1. The van der Waals surface area contributed by atoms with Crippen LogP contribution in [0.4, 0.5) is 0 Å². The summed E-state index contributed by atoms with van der Waals surface area (Å²) in [5, 5.41) is 9.45. The Morgan fingerprint density at radius 1 is 1.27 bits per heavy atom. The highest BCUT2D eigenvalue weighted by Gasteiger charge is 2.05. The van der Waals surface area contributed by atoms with Crippen LogP contribution in [0.2, 0.25) is 0 Å². The second-order valence-corrected chi connectivity index (χ2v) is 5.79. The lowest BCUT2D eigenvalue weighted by atomic mass is 10.2. The van der Waals surface area contributed by atoms with Crippen LogP contribution in [-0.4, -0.2) is 12.2 Å². The summed E-state index contributed by atoms with van der Waals surface area (Å²) in [5.74, 6) is 0.636. The van der Waals surface area contributed by atoms with Crippen molar-refractivity contribution in [2.75, 3.05) is 7.11 Å². The van der Waals surface area contributed by atoms with E-state index < -0.39 is 0 Å². The van der Waals surface area contributed by atoms with Gasteiger partial charge in [-0.1, -0.05) is 32.9 Å². The van der Waals surface area contributed by atoms with Gasteiger partial charge in [0.15, 0.2) is 11.5 Å². The smallest absolute Gasteiger partial charge is 0.161 e. The summed E-state index contributed by atoms with van der Waals surface area (Å²) in [6.45, 7) is 0. The second-order valence-electron chi connectivity index (χ2n) is 2.88. The Morgan fingerprint density at radius 3 is 2.67 bits per heavy atom. The number of benzene rings is 1. The topological polar surface area (TPSA) is 29.5 Å². The number of methoxy groups -OCH3 is 1. The van der Waals surface area contributed by atoms with E-state index in [0.717, 1.165) is 14.3 Å². The zero-order chi connectivity index (χ0) is 10.8. The fourth-order valence-electron chi connectivity index (χ4n) is 1.20. The first-order valence-corrected chi connectivity index (χ1v) is 6.74. The first-order chi connectivity index (χ1) is 7.20. The van der Waals surface area contributed by atoms with Crippen molar-refractivity contribution < 1.29 is 9.84 Å². The zero-order valence-electron chi connectivity index (χ0n) is 7.89. The van der Waals surface area contributed by atoms with Crippen molar-refractivity contribution in [3.63, 3.8) is 0 Å². The SMILES string of the molecule is COc1cc(-c2cc(=S)ss2)ccc1O. The van der Waals surface area contributed by atoms with Crippen LogP contribution in [0.1, 0.15) is 0 Å². The highest BCUT2D eigenvalue weighted by atomic mass is 32.9. The predicted octanol–water partition coefficient (Wildman–Crippen LogP) is 3.92. The highest BCUT2D eigenvalue weighted by molar-refractivity contribution is 7.80. The van der Waals surface area contributed by atoms with Crippen molar-refractivity contribution in [2.45, 2.75) is 0 Å². The largest absolute Gasteiger partial charge is 0.504 e. The maximum Gasteiger partial charge on any atom is 0.161 e. The Labute approximate surface area is 99.8 Å². The zero-order valence-corrected chi connectivity index (χ0v) is 10.3. The van der Waals surface area contributed by atoms with Gasteiger partial charge in [0.25, 0.3) is 0 Å². The molecule has 0 aliphatic rings. The molecule has 0 aliphatic carbocycles. The third kappa shape index (κ3) is 2.19. The Morgan fingerprint density at radius 2 is 2.07 bits per heavy atom. The van der Waals surface area contributed by atoms with E-state index in [4.69, 9.17) is 17.0 Å². The first-order valence-electron chi connectivity index (χ1n) is 4.18. The van der Waals surface area contributed by atoms with E-state index in [0.29, 0.717) is 5.75 Å². The summed E-state index contributed by atoms with van der Waals surface area (Å²) in [5.41, 5.74) is 1.02. The van der Waals surface area contributed by atoms with Gasteiger partial charge in [-0.2, -0.15) is 0 Å². The lowest BCUT2D eigenvalue weighted by molar-refractivity contribution is 0.373. The monoisotopic (exact) mass is 256 g/mol. The number of aromatic hydroxyl groups is 1. The Balaban J connectivity index is 2.50. The minimum atomic E-state index is 0.153. The van der Waals surface area contributed by atoms with Gasteiger partial charge in [-0.05, 0) is 29.8 Å². The van der Waals surface area contributed by atoms with Crippen LogP contribution in [0, 0.1) is 3.82 Å². The lowest BCUT2D eigenvalue weighted by Crippen LogP contribution is -1.83. The van der Waals surface area contributed by atoms with Gasteiger partial charge < -0.3 is 9.84 Å². The quantitative estimate of drug-likeness (QED) is 0.652. The van der Waals surface area contributed by atoms with Gasteiger partial charge in [-0.3, -0.25) is 0 Å². The van der Waals surface area contributed by atoms with Crippen LogP contribution in [0.5, 0.6) is 11.5 Å². The number of hydrogen-bond acceptors (Lipinski definition) is 5. The van der Waals surface area contributed by atoms with Crippen molar-refractivity contribution in [2.24, 2.45) is 0 Å². The maximum atomic E-state index is 9.45. The first kappa shape index (κ1) is 10.6. The van der Waals surface area contributed by atoms with E-state index in [1.54, 1.807) is 26.7 Å². The summed E-state index contributed by atoms with van der Waals surface area (Å²) in [4.78, 5) is 1.10. The van der Waals surface area contributed by atoms with Crippen LogP contribution >= 0.6 is 32.9 Å². The van der Waals surface area contributed by atoms with Gasteiger partial charge in [0.2, 0.25) is 0 Å². The molecule has 1 aromatic heterocycles. The molecule has 1 heterocycles. The Hall–Kier alpha value is -0.910. The van der Waals surface area contributed by atoms with Crippen LogP contribution in [0.3, 0.4) is 0 Å². The fraction of sp³-hybridized carbons (Fsp3) is 0.100. The summed E-state index contributed by atoms with van der Waals surface area (Å²) in [6, 6.07) is 7.24. The van der Waals surface area contributed by atoms with Crippen molar-refractivity contribution in [3.8, 4) is 21.9 Å². The molecule has 0 radical (unpaired) electrons. The predicted molar refractivity (Wildman–Crippen MR) is 66.7 cm³/mol. The number of phenolic OH excluding ortho intramolecular Hbond substituents is 1. The molecule has 2 rings (SSSR count). The van der Waals surface area contributed by atoms with Crippen molar-refractivity contribution >= 4 is 32.9 Å². The van der Waals surface area contributed by atoms with Crippen molar-refractivity contribution in [1.29, 1.82) is 0 Å². The summed E-state index contributed by atoms with van der Waals surface area (Å²) in [7, 11) is 4.73. The van der Waals surface area contributed by atoms with Crippen LogP contribution in [0.25, 0.3) is 10.4 Å². The molecule has 1 aromatic carbocycles. The molecule has 0 atom stereocenters. The molecule has 0 unspecified atom stereocenters. The minimum Gasteiger partial charge on any atom is -0.504 e. The summed E-state index contributed by atoms with van der Waals surface area (Å²) < 4.78 is 5.92. The van der Waals surface area contributed by atoms with E-state index in [9.17, 15) is 5.11 Å². The molecule has 0 bridgehead atoms. The van der Waals surface area contributed by atoms with Gasteiger partial charge in [0.1, 0.15) is 3.82 Å². The highest BCUT2D eigenvalue weighted by Crippen LogP contribution is 2.35. The van der Waals surface area contributed by atoms with E-state index in [1.807, 2.05) is 18.2 Å². The van der Waals surface area contributed by atoms with E-state index in [1.165, 1.54) is 7.11 Å². The summed E-state index contributed by atoms with van der Waals surface area (Å²) in [6.07, 6.45) is 0. The molecule has 0 aliphatic heterocycles. The van der Waals surface area contributed by atoms with Crippen molar-refractivity contribution in [1.82, 2.24) is 0 Å². The third-order valence-corrected chi connectivity index (χ3v) is 4.84. The Kier molecular flexibility index (Phi) is 3.04. The molecule has 0 saturated heterocycles. The van der Waals surface area contributed by atoms with E-state index >= 15 is 0 Å². The molecule has 0 fully saturated rings. The molecule has 5 heteroatoms. The molecule has 0 saturated carbocycles. The average molecular weight is 256 g/mol. The van der Waals surface area contributed by atoms with Gasteiger partial charge in [-0.25, -0.2) is 0 Å². The maximum absolute atomic E-state index is 9.45. The van der Waals surface area contributed by atoms with Gasteiger partial charge in [0, 0.05) is 4.88 Å². The third-order valence-electron chi connectivity index (χ3n) is 1.93. The standard InChI is InChI=1S/C10H8O2S3/c1-12-8-4-6(2-3-7(8)11)9-5-10(13)15-14-9/h2-5,11H,1H3. The molecule has 0 spiro atoms. The molecule has 1 N–H and O–H groups in total. The van der Waals surface area contributed by atoms with E-state index in [-0.39, 0.29) is 5.75 Å². The van der Waals surface area contributed by atoms with Crippen LogP contribution in [-0.2, 0) is 0 Å². The lowest BCUT2D eigenvalue weighted by Gasteiger charge is -2.04.